The molecule has 2 heterocycles. The number of nitrogens with zero attached hydrogens (tertiary/aromatic N) is 4. The normalized spacial score (nSPS) is 13.9. The number of hydrogen-bond acceptors (Lipinski definition) is 7. The Morgan fingerprint density at radius 2 is 1.83 bits per heavy atom. The fraction of sp³-hybridized carbons (Fsp3) is 0.231. The summed E-state index contributed by atoms with van der Waals surface area (Å²) in [4.78, 5) is 32.1. The second-order valence-electron chi connectivity index (χ2n) is 8.49. The molecule has 35 heavy (non-hydrogen) atoms. The number of nitro benzene ring substituents is 1. The van der Waals surface area contributed by atoms with E-state index in [0.717, 1.165) is 27.9 Å². The number of hydrogen-bond donors (Lipinski definition) is 0. The molecular formula is C26H24N4O4S. The number of carbonyl (C=O) groups excluding carboxylic acids is 1. The lowest BCUT2D eigenvalue weighted by molar-refractivity contribution is -0.384. The van der Waals surface area contributed by atoms with Gasteiger partial charge in [0.25, 0.3) is 16.8 Å². The molecule has 0 bridgehead atoms. The molecular weight excluding hydrogens is 464 g/mol. The van der Waals surface area contributed by atoms with Gasteiger partial charge < -0.3 is 14.2 Å². The van der Waals surface area contributed by atoms with Crippen molar-refractivity contribution in [2.24, 2.45) is 0 Å². The third-order valence-corrected chi connectivity index (χ3v) is 6.95. The topological polar surface area (TPSA) is 92.7 Å². The average molecular weight is 489 g/mol. The van der Waals surface area contributed by atoms with E-state index in [1.54, 1.807) is 12.1 Å². The van der Waals surface area contributed by atoms with Crippen LogP contribution in [0.25, 0.3) is 11.1 Å². The van der Waals surface area contributed by atoms with Crippen molar-refractivity contribution >= 4 is 40.1 Å². The third-order valence-electron chi connectivity index (χ3n) is 6.05. The Morgan fingerprint density at radius 1 is 1.06 bits per heavy atom. The first kappa shape index (κ1) is 22.9. The van der Waals surface area contributed by atoms with Crippen molar-refractivity contribution in [2.75, 3.05) is 31.1 Å². The molecule has 0 aliphatic carbocycles. The molecule has 0 saturated carbocycles. The van der Waals surface area contributed by atoms with Crippen molar-refractivity contribution in [2.45, 2.75) is 17.9 Å². The van der Waals surface area contributed by atoms with Crippen LogP contribution in [0.4, 0.5) is 11.4 Å². The lowest BCUT2D eigenvalue weighted by Gasteiger charge is -2.36. The Balaban J connectivity index is 1.19. The van der Waals surface area contributed by atoms with Crippen LogP contribution in [0.3, 0.4) is 0 Å². The molecule has 8 nitrogen and oxygen atoms in total. The third kappa shape index (κ3) is 5.14. The number of benzene rings is 3. The van der Waals surface area contributed by atoms with Gasteiger partial charge in [0.1, 0.15) is 5.52 Å². The number of anilines is 1. The van der Waals surface area contributed by atoms with E-state index in [1.807, 2.05) is 54.3 Å². The maximum atomic E-state index is 13.1. The van der Waals surface area contributed by atoms with E-state index in [2.05, 4.69) is 9.88 Å². The van der Waals surface area contributed by atoms with Crippen molar-refractivity contribution in [1.29, 1.82) is 0 Å². The predicted octanol–water partition coefficient (Wildman–Crippen LogP) is 5.30. The number of oxazole rings is 1. The van der Waals surface area contributed by atoms with Gasteiger partial charge in [-0.05, 0) is 54.4 Å². The zero-order valence-electron chi connectivity index (χ0n) is 19.2. The Labute approximate surface area is 206 Å². The zero-order valence-corrected chi connectivity index (χ0v) is 20.0. The van der Waals surface area contributed by atoms with E-state index in [4.69, 9.17) is 4.42 Å². The molecule has 0 atom stereocenters. The molecule has 9 heteroatoms. The molecule has 1 amide bonds. The molecule has 1 fully saturated rings. The van der Waals surface area contributed by atoms with Crippen LogP contribution in [0.5, 0.6) is 0 Å². The lowest BCUT2D eigenvalue weighted by Crippen LogP contribution is -2.48. The first-order valence-electron chi connectivity index (χ1n) is 11.3. The molecule has 1 saturated heterocycles. The molecule has 5 rings (SSSR count). The summed E-state index contributed by atoms with van der Waals surface area (Å²) in [5.74, 6) is 0.665. The summed E-state index contributed by atoms with van der Waals surface area (Å²) in [6.07, 6.45) is 0. The van der Waals surface area contributed by atoms with E-state index in [1.165, 1.54) is 23.9 Å². The van der Waals surface area contributed by atoms with Gasteiger partial charge >= 0.3 is 0 Å². The molecule has 3 aromatic carbocycles. The number of carbonyl (C=O) groups is 1. The number of non-ortho nitro benzene ring substituents is 1. The molecule has 1 aliphatic rings. The number of amides is 1. The van der Waals surface area contributed by atoms with Crippen molar-refractivity contribution in [3.8, 4) is 0 Å². The number of rotatable bonds is 6. The highest BCUT2D eigenvalue weighted by atomic mass is 32.2. The summed E-state index contributed by atoms with van der Waals surface area (Å²) in [6.45, 7) is 4.57. The van der Waals surface area contributed by atoms with Gasteiger partial charge in [0.05, 0.1) is 4.92 Å². The van der Waals surface area contributed by atoms with Crippen LogP contribution in [0, 0.1) is 17.0 Å². The van der Waals surface area contributed by atoms with Crippen molar-refractivity contribution in [3.05, 3.63) is 93.5 Å². The zero-order chi connectivity index (χ0) is 24.4. The van der Waals surface area contributed by atoms with Gasteiger partial charge in [0.2, 0.25) is 0 Å². The van der Waals surface area contributed by atoms with E-state index < -0.39 is 4.92 Å². The number of aromatic nitrogens is 1. The minimum atomic E-state index is -0.402. The summed E-state index contributed by atoms with van der Waals surface area (Å²) in [5.41, 5.74) is 5.47. The first-order chi connectivity index (χ1) is 17.0. The summed E-state index contributed by atoms with van der Waals surface area (Å²) in [7, 11) is 0. The van der Waals surface area contributed by atoms with Gasteiger partial charge in [0, 0.05) is 55.3 Å². The summed E-state index contributed by atoms with van der Waals surface area (Å²) in [5, 5.41) is 11.5. The minimum Gasteiger partial charge on any atom is -0.431 e. The number of aryl methyl sites for hydroxylation is 1. The van der Waals surface area contributed by atoms with Crippen molar-refractivity contribution in [1.82, 2.24) is 9.88 Å². The highest BCUT2D eigenvalue weighted by Crippen LogP contribution is 2.27. The SMILES string of the molecule is Cc1ccc2oc(SCc3cccc(C(=O)N4CCN(c5ccc([N+](=O)[O-])cc5)CC4)c3)nc2c1. The Kier molecular flexibility index (Phi) is 6.41. The summed E-state index contributed by atoms with van der Waals surface area (Å²) in [6, 6.07) is 20.2. The Bertz CT molecular complexity index is 1380. The molecule has 178 valence electrons. The lowest BCUT2D eigenvalue weighted by atomic mass is 10.1. The molecule has 0 spiro atoms. The van der Waals surface area contributed by atoms with E-state index in [9.17, 15) is 14.9 Å². The van der Waals surface area contributed by atoms with Gasteiger partial charge in [0.15, 0.2) is 5.58 Å². The van der Waals surface area contributed by atoms with Gasteiger partial charge in [-0.1, -0.05) is 30.0 Å². The first-order valence-corrected chi connectivity index (χ1v) is 12.3. The van der Waals surface area contributed by atoms with E-state index in [-0.39, 0.29) is 11.6 Å². The van der Waals surface area contributed by atoms with Gasteiger partial charge in [-0.3, -0.25) is 14.9 Å². The summed E-state index contributed by atoms with van der Waals surface area (Å²) >= 11 is 1.51. The van der Waals surface area contributed by atoms with Crippen molar-refractivity contribution < 1.29 is 14.1 Å². The van der Waals surface area contributed by atoms with Crippen LogP contribution in [-0.2, 0) is 5.75 Å². The van der Waals surface area contributed by atoms with Crippen LogP contribution >= 0.6 is 11.8 Å². The molecule has 0 N–H and O–H groups in total. The van der Waals surface area contributed by atoms with Gasteiger partial charge in [-0.2, -0.15) is 0 Å². The van der Waals surface area contributed by atoms with Crippen molar-refractivity contribution in [3.63, 3.8) is 0 Å². The average Bonchev–Trinajstić information content (AvgIpc) is 3.29. The van der Waals surface area contributed by atoms with Gasteiger partial charge in [-0.25, -0.2) is 4.98 Å². The fourth-order valence-corrected chi connectivity index (χ4v) is 4.93. The number of thioether (sulfide) groups is 1. The highest BCUT2D eigenvalue weighted by molar-refractivity contribution is 7.98. The predicted molar refractivity (Wildman–Crippen MR) is 136 cm³/mol. The smallest absolute Gasteiger partial charge is 0.269 e. The molecule has 4 aromatic rings. The van der Waals surface area contributed by atoms with Crippen LogP contribution in [0.1, 0.15) is 21.5 Å². The number of nitro groups is 1. The maximum Gasteiger partial charge on any atom is 0.269 e. The van der Waals surface area contributed by atoms with E-state index >= 15 is 0 Å². The van der Waals surface area contributed by atoms with Crippen LogP contribution < -0.4 is 4.90 Å². The molecule has 0 radical (unpaired) electrons. The largest absolute Gasteiger partial charge is 0.431 e. The second-order valence-corrected chi connectivity index (χ2v) is 9.42. The standard InChI is InChI=1S/C26H24N4O4S/c1-18-5-10-24-23(15-18)27-26(34-24)35-17-19-3-2-4-20(16-19)25(31)29-13-11-28(12-14-29)21-6-8-22(9-7-21)30(32)33/h2-10,15-16H,11-14,17H2,1H3. The highest BCUT2D eigenvalue weighted by Gasteiger charge is 2.23. The molecule has 1 aromatic heterocycles. The van der Waals surface area contributed by atoms with Crippen LogP contribution in [0.2, 0.25) is 0 Å². The second kappa shape index (κ2) is 9.79. The van der Waals surface area contributed by atoms with Crippen LogP contribution in [0.15, 0.2) is 76.4 Å². The monoisotopic (exact) mass is 488 g/mol. The number of fused-ring (bicyclic) bond motifs is 1. The Morgan fingerprint density at radius 3 is 2.57 bits per heavy atom. The van der Waals surface area contributed by atoms with Gasteiger partial charge in [-0.15, -0.1) is 0 Å². The van der Waals surface area contributed by atoms with Crippen LogP contribution in [-0.4, -0.2) is 46.9 Å². The summed E-state index contributed by atoms with van der Waals surface area (Å²) < 4.78 is 5.82. The van der Waals surface area contributed by atoms with E-state index in [0.29, 0.717) is 42.7 Å². The quantitative estimate of drug-likeness (QED) is 0.207. The fourth-order valence-electron chi connectivity index (χ4n) is 4.15. The molecule has 0 unspecified atom stereocenters. The Hall–Kier alpha value is -3.85. The minimum absolute atomic E-state index is 0.0116. The molecule has 1 aliphatic heterocycles. The maximum absolute atomic E-state index is 13.1. The number of piperazine rings is 1.